The van der Waals surface area contributed by atoms with E-state index in [2.05, 4.69) is 5.32 Å². The van der Waals surface area contributed by atoms with E-state index in [0.717, 1.165) is 19.3 Å². The first-order valence-corrected chi connectivity index (χ1v) is 14.3. The van der Waals surface area contributed by atoms with E-state index in [1.807, 2.05) is 0 Å². The molecule has 0 bridgehead atoms. The van der Waals surface area contributed by atoms with Gasteiger partial charge in [0.2, 0.25) is 20.0 Å². The average molecular weight is 524 g/mol. The lowest BCUT2D eigenvalue weighted by Gasteiger charge is -2.26. The van der Waals surface area contributed by atoms with Crippen LogP contribution < -0.4 is 5.32 Å². The Morgan fingerprint density at radius 3 is 2.09 bits per heavy atom. The normalized spacial score (nSPS) is 18.3. The van der Waals surface area contributed by atoms with E-state index in [1.54, 1.807) is 13.0 Å². The predicted molar refractivity (Wildman–Crippen MR) is 129 cm³/mol. The second kappa shape index (κ2) is 10.2. The van der Waals surface area contributed by atoms with Crippen LogP contribution in [0.5, 0.6) is 5.75 Å². The maximum absolute atomic E-state index is 13.1. The fourth-order valence-corrected chi connectivity index (χ4v) is 7.14. The van der Waals surface area contributed by atoms with E-state index in [1.165, 1.54) is 38.9 Å². The molecule has 2 aliphatic heterocycles. The van der Waals surface area contributed by atoms with E-state index >= 15 is 0 Å². The monoisotopic (exact) mass is 523 g/mol. The number of morpholine rings is 1. The van der Waals surface area contributed by atoms with Crippen molar-refractivity contribution in [1.29, 1.82) is 0 Å². The minimum Gasteiger partial charge on any atom is -0.506 e. The predicted octanol–water partition coefficient (Wildman–Crippen LogP) is 2.15. The molecule has 0 unspecified atom stereocenters. The van der Waals surface area contributed by atoms with Crippen LogP contribution in [0.4, 0.5) is 5.69 Å². The molecule has 2 saturated heterocycles. The molecule has 2 fully saturated rings. The molecule has 2 aromatic carbocycles. The molecular formula is C23H29N3O7S2. The van der Waals surface area contributed by atoms with Crippen LogP contribution in [0.25, 0.3) is 0 Å². The summed E-state index contributed by atoms with van der Waals surface area (Å²) in [7, 11) is -7.59. The second-order valence-electron chi connectivity index (χ2n) is 8.59. The number of nitrogens with zero attached hydrogens (tertiary/aromatic N) is 2. The number of sulfonamides is 2. The molecule has 1 amide bonds. The van der Waals surface area contributed by atoms with Crippen LogP contribution in [0.3, 0.4) is 0 Å². The summed E-state index contributed by atoms with van der Waals surface area (Å²) in [5.41, 5.74) is 0.553. The van der Waals surface area contributed by atoms with Gasteiger partial charge >= 0.3 is 0 Å². The number of ether oxygens (including phenoxy) is 1. The van der Waals surface area contributed by atoms with Crippen LogP contribution in [-0.2, 0) is 24.8 Å². The highest BCUT2D eigenvalue weighted by atomic mass is 32.2. The second-order valence-corrected chi connectivity index (χ2v) is 12.5. The van der Waals surface area contributed by atoms with Gasteiger partial charge in [0.1, 0.15) is 5.75 Å². The fraction of sp³-hybridized carbons (Fsp3) is 0.435. The van der Waals surface area contributed by atoms with Crippen LogP contribution in [0.15, 0.2) is 46.2 Å². The molecule has 0 radical (unpaired) electrons. The van der Waals surface area contributed by atoms with Crippen molar-refractivity contribution < 1.29 is 31.5 Å². The van der Waals surface area contributed by atoms with Gasteiger partial charge in [0, 0.05) is 31.7 Å². The highest BCUT2D eigenvalue weighted by Gasteiger charge is 2.29. The summed E-state index contributed by atoms with van der Waals surface area (Å²) in [5.74, 6) is -0.963. The maximum Gasteiger partial charge on any atom is 0.256 e. The number of aromatic hydroxyl groups is 1. The Hall–Kier alpha value is -2.51. The van der Waals surface area contributed by atoms with Gasteiger partial charge in [-0.2, -0.15) is 8.61 Å². The SMILES string of the molecule is Cc1ccc(S(=O)(=O)N2CCOCC2)cc1C(=O)Nc1cc(S(=O)(=O)N2CCCCC2)ccc1O. The van der Waals surface area contributed by atoms with Crippen molar-refractivity contribution >= 4 is 31.6 Å². The summed E-state index contributed by atoms with van der Waals surface area (Å²) >= 11 is 0. The summed E-state index contributed by atoms with van der Waals surface area (Å²) in [5, 5.41) is 12.8. The fourth-order valence-electron chi connectivity index (χ4n) is 4.16. The number of rotatable bonds is 6. The Bertz CT molecular complexity index is 1310. The molecule has 0 atom stereocenters. The van der Waals surface area contributed by atoms with Gasteiger partial charge in [-0.25, -0.2) is 16.8 Å². The lowest BCUT2D eigenvalue weighted by atomic mass is 10.1. The van der Waals surface area contributed by atoms with E-state index in [4.69, 9.17) is 4.74 Å². The average Bonchev–Trinajstić information content (AvgIpc) is 2.86. The molecule has 12 heteroatoms. The number of aryl methyl sites for hydroxylation is 1. The number of anilines is 1. The number of carbonyl (C=O) groups is 1. The zero-order chi connectivity index (χ0) is 25.2. The molecule has 2 aliphatic rings. The Morgan fingerprint density at radius 1 is 0.857 bits per heavy atom. The van der Waals surface area contributed by atoms with Crippen LogP contribution in [0, 0.1) is 6.92 Å². The quantitative estimate of drug-likeness (QED) is 0.554. The molecule has 2 N–H and O–H groups in total. The summed E-state index contributed by atoms with van der Waals surface area (Å²) in [6.07, 6.45) is 2.54. The Labute approximate surface area is 205 Å². The van der Waals surface area contributed by atoms with Crippen molar-refractivity contribution in [3.63, 3.8) is 0 Å². The minimum atomic E-state index is -3.82. The van der Waals surface area contributed by atoms with E-state index in [-0.39, 0.29) is 39.9 Å². The van der Waals surface area contributed by atoms with Crippen LogP contribution in [0.2, 0.25) is 0 Å². The third kappa shape index (κ3) is 5.36. The molecule has 2 aromatic rings. The molecule has 0 aliphatic carbocycles. The van der Waals surface area contributed by atoms with Gasteiger partial charge < -0.3 is 15.2 Å². The number of nitrogens with one attached hydrogen (secondary N) is 1. The van der Waals surface area contributed by atoms with Crippen LogP contribution >= 0.6 is 0 Å². The van der Waals surface area contributed by atoms with Crippen LogP contribution in [-0.4, -0.2) is 75.9 Å². The van der Waals surface area contributed by atoms with Crippen molar-refractivity contribution in [2.24, 2.45) is 0 Å². The van der Waals surface area contributed by atoms with E-state index in [9.17, 15) is 26.7 Å². The van der Waals surface area contributed by atoms with Gasteiger partial charge in [-0.15, -0.1) is 0 Å². The first-order valence-electron chi connectivity index (χ1n) is 11.4. The number of phenolic OH excluding ortho intramolecular Hbond substituents is 1. The number of hydrogen-bond acceptors (Lipinski definition) is 7. The Morgan fingerprint density at radius 2 is 1.43 bits per heavy atom. The zero-order valence-electron chi connectivity index (χ0n) is 19.4. The highest BCUT2D eigenvalue weighted by molar-refractivity contribution is 7.89. The van der Waals surface area contributed by atoms with Gasteiger partial charge in [0.15, 0.2) is 0 Å². The molecule has 35 heavy (non-hydrogen) atoms. The number of phenols is 1. The van der Waals surface area contributed by atoms with Crippen molar-refractivity contribution in [1.82, 2.24) is 8.61 Å². The van der Waals surface area contributed by atoms with Crippen molar-refractivity contribution in [3.8, 4) is 5.75 Å². The number of hydrogen-bond donors (Lipinski definition) is 2. The van der Waals surface area contributed by atoms with Gasteiger partial charge in [-0.1, -0.05) is 12.5 Å². The maximum atomic E-state index is 13.1. The minimum absolute atomic E-state index is 0.0270. The molecule has 190 valence electrons. The zero-order valence-corrected chi connectivity index (χ0v) is 21.1. The third-order valence-corrected chi connectivity index (χ3v) is 10.0. The standard InChI is InChI=1S/C23H29N3O7S2/c1-17-5-6-18(34(29,30)26-11-13-33-14-12-26)15-20(17)23(28)24-21-16-19(7-8-22(21)27)35(31,32)25-9-3-2-4-10-25/h5-8,15-16,27H,2-4,9-14H2,1H3,(H,24,28). The summed E-state index contributed by atoms with van der Waals surface area (Å²) in [6.45, 7) is 3.57. The van der Waals surface area contributed by atoms with E-state index < -0.39 is 26.0 Å². The number of benzene rings is 2. The van der Waals surface area contributed by atoms with Gasteiger partial charge in [-0.3, -0.25) is 4.79 Å². The number of carbonyl (C=O) groups excluding carboxylic acids is 1. The molecule has 0 spiro atoms. The first kappa shape index (κ1) is 25.6. The summed E-state index contributed by atoms with van der Waals surface area (Å²) in [6, 6.07) is 8.02. The van der Waals surface area contributed by atoms with E-state index in [0.29, 0.717) is 31.9 Å². The molecule has 4 rings (SSSR count). The van der Waals surface area contributed by atoms with Crippen molar-refractivity contribution in [2.45, 2.75) is 36.0 Å². The smallest absolute Gasteiger partial charge is 0.256 e. The largest absolute Gasteiger partial charge is 0.506 e. The number of piperidine rings is 1. The summed E-state index contributed by atoms with van der Waals surface area (Å²) < 4.78 is 60.0. The first-order chi connectivity index (χ1) is 16.6. The Balaban J connectivity index is 1.60. The Kier molecular flexibility index (Phi) is 7.48. The van der Waals surface area contributed by atoms with Crippen LogP contribution in [0.1, 0.15) is 35.2 Å². The summed E-state index contributed by atoms with van der Waals surface area (Å²) in [4.78, 5) is 13.0. The third-order valence-electron chi connectivity index (χ3n) is 6.23. The lowest BCUT2D eigenvalue weighted by molar-refractivity contribution is 0.0730. The van der Waals surface area contributed by atoms with Gasteiger partial charge in [-0.05, 0) is 55.7 Å². The molecule has 2 heterocycles. The van der Waals surface area contributed by atoms with Crippen molar-refractivity contribution in [3.05, 3.63) is 47.5 Å². The topological polar surface area (TPSA) is 133 Å². The van der Waals surface area contributed by atoms with Gasteiger partial charge in [0.05, 0.1) is 28.7 Å². The number of amides is 1. The lowest BCUT2D eigenvalue weighted by Crippen LogP contribution is -2.40. The highest BCUT2D eigenvalue weighted by Crippen LogP contribution is 2.30. The molecule has 0 saturated carbocycles. The molecular weight excluding hydrogens is 494 g/mol. The molecule has 10 nitrogen and oxygen atoms in total. The molecule has 0 aromatic heterocycles. The van der Waals surface area contributed by atoms with Crippen molar-refractivity contribution in [2.75, 3.05) is 44.7 Å². The van der Waals surface area contributed by atoms with Gasteiger partial charge in [0.25, 0.3) is 5.91 Å².